The van der Waals surface area contributed by atoms with E-state index in [-0.39, 0.29) is 0 Å². The quantitative estimate of drug-likeness (QED) is 0.836. The lowest BCUT2D eigenvalue weighted by atomic mass is 9.84. The van der Waals surface area contributed by atoms with Gasteiger partial charge in [0.25, 0.3) is 0 Å². The largest absolute Gasteiger partial charge is 0.340 e. The average molecular weight is 252 g/mol. The number of nitrogens with two attached hydrogens (primary N) is 1. The van der Waals surface area contributed by atoms with Crippen molar-refractivity contribution < 1.29 is 4.79 Å². The van der Waals surface area contributed by atoms with Crippen LogP contribution in [0.4, 0.5) is 0 Å². The summed E-state index contributed by atoms with van der Waals surface area (Å²) in [6.45, 7) is 2.99. The van der Waals surface area contributed by atoms with Gasteiger partial charge in [-0.15, -0.1) is 0 Å². The maximum Gasteiger partial charge on any atom is 0.223 e. The molecule has 3 nitrogen and oxygen atoms in total. The summed E-state index contributed by atoms with van der Waals surface area (Å²) in [5.74, 6) is 0.917. The highest BCUT2D eigenvalue weighted by Crippen LogP contribution is 2.29. The molecule has 0 saturated heterocycles. The van der Waals surface area contributed by atoms with Crippen molar-refractivity contribution in [2.45, 2.75) is 76.8 Å². The van der Waals surface area contributed by atoms with Crippen molar-refractivity contribution in [2.24, 2.45) is 11.7 Å². The van der Waals surface area contributed by atoms with Gasteiger partial charge in [0.15, 0.2) is 0 Å². The highest BCUT2D eigenvalue weighted by molar-refractivity contribution is 5.76. The van der Waals surface area contributed by atoms with Crippen LogP contribution in [0.2, 0.25) is 0 Å². The summed E-state index contributed by atoms with van der Waals surface area (Å²) in [7, 11) is 0. The number of rotatable bonds is 4. The Labute approximate surface area is 111 Å². The SMILES string of the molecule is CCN(C(=O)CC1CCCC(N)C1)C1CCCC1. The van der Waals surface area contributed by atoms with E-state index in [9.17, 15) is 4.79 Å². The molecular formula is C15H28N2O. The molecule has 0 aromatic heterocycles. The fourth-order valence-corrected chi connectivity index (χ4v) is 3.74. The second-order valence-corrected chi connectivity index (χ2v) is 6.11. The molecule has 2 fully saturated rings. The van der Waals surface area contributed by atoms with Gasteiger partial charge in [0.05, 0.1) is 0 Å². The summed E-state index contributed by atoms with van der Waals surface area (Å²) in [5, 5.41) is 0. The molecule has 0 aromatic rings. The van der Waals surface area contributed by atoms with Gasteiger partial charge in [-0.25, -0.2) is 0 Å². The van der Waals surface area contributed by atoms with Crippen molar-refractivity contribution in [1.29, 1.82) is 0 Å². The molecule has 0 spiro atoms. The molecule has 2 unspecified atom stereocenters. The van der Waals surface area contributed by atoms with Gasteiger partial charge < -0.3 is 10.6 Å². The molecule has 2 saturated carbocycles. The number of carbonyl (C=O) groups excluding carboxylic acids is 1. The summed E-state index contributed by atoms with van der Waals surface area (Å²) < 4.78 is 0. The first-order valence-corrected chi connectivity index (χ1v) is 7.75. The molecule has 3 heteroatoms. The first kappa shape index (κ1) is 13.9. The summed E-state index contributed by atoms with van der Waals surface area (Å²) in [5.41, 5.74) is 6.01. The van der Waals surface area contributed by atoms with Gasteiger partial charge in [0.1, 0.15) is 0 Å². The van der Waals surface area contributed by atoms with Crippen LogP contribution in [0.25, 0.3) is 0 Å². The van der Waals surface area contributed by atoms with Gasteiger partial charge in [-0.05, 0) is 44.9 Å². The van der Waals surface area contributed by atoms with Crippen LogP contribution >= 0.6 is 0 Å². The Balaban J connectivity index is 1.84. The van der Waals surface area contributed by atoms with Crippen LogP contribution in [0.3, 0.4) is 0 Å². The van der Waals surface area contributed by atoms with E-state index < -0.39 is 0 Å². The first-order chi connectivity index (χ1) is 8.70. The molecule has 0 bridgehead atoms. The highest BCUT2D eigenvalue weighted by atomic mass is 16.2. The maximum atomic E-state index is 12.4. The smallest absolute Gasteiger partial charge is 0.223 e. The zero-order chi connectivity index (χ0) is 13.0. The van der Waals surface area contributed by atoms with E-state index in [1.165, 1.54) is 38.5 Å². The minimum atomic E-state index is 0.332. The highest BCUT2D eigenvalue weighted by Gasteiger charge is 2.28. The van der Waals surface area contributed by atoms with Crippen molar-refractivity contribution in [3.63, 3.8) is 0 Å². The predicted octanol–water partition coefficient (Wildman–Crippen LogP) is 2.69. The van der Waals surface area contributed by atoms with Crippen LogP contribution in [0.1, 0.15) is 64.7 Å². The normalized spacial score (nSPS) is 29.4. The van der Waals surface area contributed by atoms with Gasteiger partial charge in [-0.2, -0.15) is 0 Å². The minimum absolute atomic E-state index is 0.332. The van der Waals surface area contributed by atoms with Crippen LogP contribution in [0.5, 0.6) is 0 Å². The maximum absolute atomic E-state index is 12.4. The van der Waals surface area contributed by atoms with Crippen LogP contribution in [-0.4, -0.2) is 29.4 Å². The fraction of sp³-hybridized carbons (Fsp3) is 0.933. The standard InChI is InChI=1S/C15H28N2O/c1-2-17(14-8-3-4-9-14)15(18)11-12-6-5-7-13(16)10-12/h12-14H,2-11,16H2,1H3. The molecule has 104 valence electrons. The van der Waals surface area contributed by atoms with E-state index in [2.05, 4.69) is 11.8 Å². The van der Waals surface area contributed by atoms with Gasteiger partial charge in [0.2, 0.25) is 5.91 Å². The van der Waals surface area contributed by atoms with E-state index in [1.54, 1.807) is 0 Å². The number of hydrogen-bond donors (Lipinski definition) is 1. The Bertz CT molecular complexity index is 274. The monoisotopic (exact) mass is 252 g/mol. The molecule has 2 N–H and O–H groups in total. The third-order valence-corrected chi connectivity index (χ3v) is 4.71. The number of carbonyl (C=O) groups is 1. The first-order valence-electron chi connectivity index (χ1n) is 7.75. The lowest BCUT2D eigenvalue weighted by Crippen LogP contribution is -2.40. The number of hydrogen-bond acceptors (Lipinski definition) is 2. The van der Waals surface area contributed by atoms with Gasteiger partial charge >= 0.3 is 0 Å². The van der Waals surface area contributed by atoms with E-state index in [1.807, 2.05) is 0 Å². The van der Waals surface area contributed by atoms with Crippen LogP contribution < -0.4 is 5.73 Å². The number of nitrogens with zero attached hydrogens (tertiary/aromatic N) is 1. The van der Waals surface area contributed by atoms with Crippen molar-refractivity contribution >= 4 is 5.91 Å². The molecule has 0 heterocycles. The Kier molecular flexibility index (Phi) is 5.04. The van der Waals surface area contributed by atoms with E-state index in [0.29, 0.717) is 23.9 Å². The Morgan fingerprint density at radius 3 is 2.50 bits per heavy atom. The molecule has 0 aliphatic heterocycles. The number of amides is 1. The van der Waals surface area contributed by atoms with Crippen LogP contribution in [0, 0.1) is 5.92 Å². The fourth-order valence-electron chi connectivity index (χ4n) is 3.74. The van der Waals surface area contributed by atoms with Gasteiger partial charge in [0, 0.05) is 25.0 Å². The topological polar surface area (TPSA) is 46.3 Å². The van der Waals surface area contributed by atoms with Gasteiger partial charge in [-0.3, -0.25) is 4.79 Å². The summed E-state index contributed by atoms with van der Waals surface area (Å²) in [6, 6.07) is 0.859. The van der Waals surface area contributed by atoms with E-state index in [0.717, 1.165) is 25.8 Å². The van der Waals surface area contributed by atoms with Gasteiger partial charge in [-0.1, -0.05) is 19.3 Å². The zero-order valence-electron chi connectivity index (χ0n) is 11.7. The average Bonchev–Trinajstić information content (AvgIpc) is 2.83. The molecule has 0 aromatic carbocycles. The molecule has 2 atom stereocenters. The predicted molar refractivity (Wildman–Crippen MR) is 74.2 cm³/mol. The van der Waals surface area contributed by atoms with Crippen LogP contribution in [-0.2, 0) is 4.79 Å². The Morgan fingerprint density at radius 2 is 1.89 bits per heavy atom. The summed E-state index contributed by atoms with van der Waals surface area (Å²) in [4.78, 5) is 14.6. The molecule has 2 rings (SSSR count). The van der Waals surface area contributed by atoms with Crippen molar-refractivity contribution in [2.75, 3.05) is 6.54 Å². The third-order valence-electron chi connectivity index (χ3n) is 4.71. The minimum Gasteiger partial charge on any atom is -0.340 e. The third kappa shape index (κ3) is 3.47. The van der Waals surface area contributed by atoms with Crippen molar-refractivity contribution in [3.8, 4) is 0 Å². The molecule has 0 radical (unpaired) electrons. The summed E-state index contributed by atoms with van der Waals surface area (Å²) in [6.07, 6.45) is 10.3. The molecular weight excluding hydrogens is 224 g/mol. The van der Waals surface area contributed by atoms with Crippen LogP contribution in [0.15, 0.2) is 0 Å². The van der Waals surface area contributed by atoms with Crippen molar-refractivity contribution in [1.82, 2.24) is 4.90 Å². The lowest BCUT2D eigenvalue weighted by molar-refractivity contribution is -0.134. The molecule has 1 amide bonds. The molecule has 2 aliphatic rings. The van der Waals surface area contributed by atoms with E-state index >= 15 is 0 Å². The zero-order valence-corrected chi connectivity index (χ0v) is 11.7. The Hall–Kier alpha value is -0.570. The lowest BCUT2D eigenvalue weighted by Gasteiger charge is -2.31. The Morgan fingerprint density at radius 1 is 1.17 bits per heavy atom. The second kappa shape index (κ2) is 6.55. The molecule has 2 aliphatic carbocycles. The van der Waals surface area contributed by atoms with E-state index in [4.69, 9.17) is 5.73 Å². The molecule has 18 heavy (non-hydrogen) atoms. The second-order valence-electron chi connectivity index (χ2n) is 6.11. The summed E-state index contributed by atoms with van der Waals surface area (Å²) >= 11 is 0. The van der Waals surface area contributed by atoms with Crippen molar-refractivity contribution in [3.05, 3.63) is 0 Å².